The van der Waals surface area contributed by atoms with Crippen LogP contribution in [0.15, 0.2) is 54.2 Å². The summed E-state index contributed by atoms with van der Waals surface area (Å²) >= 11 is 11.9. The SMILES string of the molecule is COc1ccc(OCCN/C=C(/C#N)C(=O)Nc2cc(Cl)ccc2Cl)cc1. The molecule has 0 spiro atoms. The van der Waals surface area contributed by atoms with Gasteiger partial charge in [0.2, 0.25) is 0 Å². The Labute approximate surface area is 167 Å². The number of amides is 1. The van der Waals surface area contributed by atoms with Gasteiger partial charge >= 0.3 is 0 Å². The highest BCUT2D eigenvalue weighted by Crippen LogP contribution is 2.25. The number of carbonyl (C=O) groups excluding carboxylic acids is 1. The van der Waals surface area contributed by atoms with Crippen LogP contribution in [0, 0.1) is 11.3 Å². The lowest BCUT2D eigenvalue weighted by molar-refractivity contribution is -0.112. The second kappa shape index (κ2) is 10.3. The van der Waals surface area contributed by atoms with E-state index in [-0.39, 0.29) is 5.57 Å². The number of nitriles is 1. The van der Waals surface area contributed by atoms with Gasteiger partial charge < -0.3 is 20.1 Å². The van der Waals surface area contributed by atoms with Crippen LogP contribution in [-0.2, 0) is 4.79 Å². The zero-order chi connectivity index (χ0) is 19.6. The number of hydrogen-bond acceptors (Lipinski definition) is 5. The van der Waals surface area contributed by atoms with Gasteiger partial charge in [-0.25, -0.2) is 0 Å². The molecule has 0 saturated carbocycles. The van der Waals surface area contributed by atoms with E-state index in [4.69, 9.17) is 37.9 Å². The fraction of sp³-hybridized carbons (Fsp3) is 0.158. The molecule has 0 radical (unpaired) electrons. The summed E-state index contributed by atoms with van der Waals surface area (Å²) in [5.41, 5.74) is 0.230. The van der Waals surface area contributed by atoms with Gasteiger partial charge in [0.1, 0.15) is 29.7 Å². The summed E-state index contributed by atoms with van der Waals surface area (Å²) in [4.78, 5) is 12.2. The number of rotatable bonds is 8. The highest BCUT2D eigenvalue weighted by atomic mass is 35.5. The van der Waals surface area contributed by atoms with Crippen molar-refractivity contribution in [3.05, 3.63) is 64.3 Å². The summed E-state index contributed by atoms with van der Waals surface area (Å²) in [6.07, 6.45) is 1.32. The van der Waals surface area contributed by atoms with Crippen LogP contribution in [0.1, 0.15) is 0 Å². The first kappa shape index (κ1) is 20.4. The number of ether oxygens (including phenoxy) is 2. The molecular formula is C19H17Cl2N3O3. The molecule has 8 heteroatoms. The van der Waals surface area contributed by atoms with Gasteiger partial charge in [0.25, 0.3) is 5.91 Å². The van der Waals surface area contributed by atoms with Gasteiger partial charge in [-0.2, -0.15) is 5.26 Å². The van der Waals surface area contributed by atoms with E-state index in [0.29, 0.717) is 34.6 Å². The topological polar surface area (TPSA) is 83.4 Å². The maximum absolute atomic E-state index is 12.2. The predicted octanol–water partition coefficient (Wildman–Crippen LogP) is 4.02. The van der Waals surface area contributed by atoms with E-state index in [2.05, 4.69) is 10.6 Å². The monoisotopic (exact) mass is 405 g/mol. The van der Waals surface area contributed by atoms with Crippen molar-refractivity contribution in [2.24, 2.45) is 0 Å². The molecule has 0 saturated heterocycles. The third-order valence-electron chi connectivity index (χ3n) is 3.36. The van der Waals surface area contributed by atoms with Crippen LogP contribution in [-0.4, -0.2) is 26.2 Å². The summed E-state index contributed by atoms with van der Waals surface area (Å²) < 4.78 is 10.6. The summed E-state index contributed by atoms with van der Waals surface area (Å²) in [6.45, 7) is 0.756. The predicted molar refractivity (Wildman–Crippen MR) is 105 cm³/mol. The minimum Gasteiger partial charge on any atom is -0.497 e. The number of methoxy groups -OCH3 is 1. The molecule has 2 rings (SSSR count). The third-order valence-corrected chi connectivity index (χ3v) is 3.93. The van der Waals surface area contributed by atoms with Crippen LogP contribution in [0.2, 0.25) is 10.0 Å². The Kier molecular flexibility index (Phi) is 7.80. The molecule has 0 aliphatic carbocycles. The van der Waals surface area contributed by atoms with Crippen molar-refractivity contribution in [2.45, 2.75) is 0 Å². The van der Waals surface area contributed by atoms with E-state index in [0.717, 1.165) is 5.75 Å². The van der Waals surface area contributed by atoms with Crippen LogP contribution in [0.5, 0.6) is 11.5 Å². The van der Waals surface area contributed by atoms with Gasteiger partial charge in [-0.15, -0.1) is 0 Å². The largest absolute Gasteiger partial charge is 0.497 e. The molecule has 6 nitrogen and oxygen atoms in total. The van der Waals surface area contributed by atoms with E-state index < -0.39 is 5.91 Å². The van der Waals surface area contributed by atoms with Gasteiger partial charge in [0.15, 0.2) is 0 Å². The van der Waals surface area contributed by atoms with E-state index in [9.17, 15) is 4.79 Å². The summed E-state index contributed by atoms with van der Waals surface area (Å²) in [5, 5.41) is 15.3. The van der Waals surface area contributed by atoms with Gasteiger partial charge in [-0.3, -0.25) is 4.79 Å². The second-order valence-corrected chi connectivity index (χ2v) is 6.07. The Hall–Kier alpha value is -2.88. The van der Waals surface area contributed by atoms with Gasteiger partial charge in [-0.1, -0.05) is 23.2 Å². The number of nitrogens with zero attached hydrogens (tertiary/aromatic N) is 1. The highest BCUT2D eigenvalue weighted by Gasteiger charge is 2.11. The molecule has 0 aliphatic heterocycles. The molecule has 27 heavy (non-hydrogen) atoms. The Balaban J connectivity index is 1.83. The van der Waals surface area contributed by atoms with E-state index >= 15 is 0 Å². The smallest absolute Gasteiger partial charge is 0.267 e. The summed E-state index contributed by atoms with van der Waals surface area (Å²) in [5.74, 6) is 0.841. The Morgan fingerprint density at radius 3 is 2.56 bits per heavy atom. The molecule has 2 aromatic carbocycles. The molecule has 0 aliphatic rings. The standard InChI is InChI=1S/C19H17Cl2N3O3/c1-26-15-3-5-16(6-4-15)27-9-8-23-12-13(11-22)19(25)24-18-10-14(20)2-7-17(18)21/h2-7,10,12,23H,8-9H2,1H3,(H,24,25)/b13-12-. The zero-order valence-electron chi connectivity index (χ0n) is 14.5. The fourth-order valence-corrected chi connectivity index (χ4v) is 2.34. The lowest BCUT2D eigenvalue weighted by atomic mass is 10.2. The first-order chi connectivity index (χ1) is 13.0. The molecule has 0 unspecified atom stereocenters. The third kappa shape index (κ3) is 6.41. The van der Waals surface area contributed by atoms with Crippen molar-refractivity contribution in [3.63, 3.8) is 0 Å². The first-order valence-electron chi connectivity index (χ1n) is 7.90. The van der Waals surface area contributed by atoms with Crippen molar-refractivity contribution in [2.75, 3.05) is 25.6 Å². The van der Waals surface area contributed by atoms with Crippen LogP contribution in [0.4, 0.5) is 5.69 Å². The van der Waals surface area contributed by atoms with Crippen molar-refractivity contribution in [3.8, 4) is 17.6 Å². The molecule has 0 bridgehead atoms. The van der Waals surface area contributed by atoms with Crippen LogP contribution in [0.25, 0.3) is 0 Å². The molecule has 0 aromatic heterocycles. The van der Waals surface area contributed by atoms with Crippen molar-refractivity contribution >= 4 is 34.8 Å². The summed E-state index contributed by atoms with van der Waals surface area (Å²) in [6, 6.07) is 13.7. The van der Waals surface area contributed by atoms with Crippen LogP contribution < -0.4 is 20.1 Å². The zero-order valence-corrected chi connectivity index (χ0v) is 16.0. The van der Waals surface area contributed by atoms with Crippen LogP contribution >= 0.6 is 23.2 Å². The molecule has 1 amide bonds. The Bertz CT molecular complexity index is 861. The number of nitrogens with one attached hydrogen (secondary N) is 2. The summed E-state index contributed by atoms with van der Waals surface area (Å²) in [7, 11) is 1.59. The molecule has 0 fully saturated rings. The molecule has 2 N–H and O–H groups in total. The first-order valence-corrected chi connectivity index (χ1v) is 8.66. The number of halogens is 2. The van der Waals surface area contributed by atoms with Crippen molar-refractivity contribution in [1.82, 2.24) is 5.32 Å². The fourth-order valence-electron chi connectivity index (χ4n) is 2.01. The maximum Gasteiger partial charge on any atom is 0.267 e. The lowest BCUT2D eigenvalue weighted by Gasteiger charge is -2.08. The Morgan fingerprint density at radius 2 is 1.89 bits per heavy atom. The highest BCUT2D eigenvalue weighted by molar-refractivity contribution is 6.35. The van der Waals surface area contributed by atoms with Gasteiger partial charge in [0, 0.05) is 17.8 Å². The quantitative estimate of drug-likeness (QED) is 0.393. The van der Waals surface area contributed by atoms with E-state index in [1.807, 2.05) is 6.07 Å². The number of hydrogen-bond donors (Lipinski definition) is 2. The average molecular weight is 406 g/mol. The minimum absolute atomic E-state index is 0.101. The van der Waals surface area contributed by atoms with E-state index in [1.54, 1.807) is 43.5 Å². The second-order valence-electron chi connectivity index (χ2n) is 5.23. The maximum atomic E-state index is 12.2. The normalized spacial score (nSPS) is 10.7. The van der Waals surface area contributed by atoms with Gasteiger partial charge in [-0.05, 0) is 42.5 Å². The number of benzene rings is 2. The average Bonchev–Trinajstić information content (AvgIpc) is 2.68. The van der Waals surface area contributed by atoms with Gasteiger partial charge in [0.05, 0.1) is 17.8 Å². The number of carbonyl (C=O) groups is 1. The molecule has 0 atom stereocenters. The van der Waals surface area contributed by atoms with E-state index in [1.165, 1.54) is 12.3 Å². The van der Waals surface area contributed by atoms with Crippen LogP contribution in [0.3, 0.4) is 0 Å². The number of anilines is 1. The minimum atomic E-state index is -0.592. The van der Waals surface area contributed by atoms with Crippen molar-refractivity contribution in [1.29, 1.82) is 5.26 Å². The molecular weight excluding hydrogens is 389 g/mol. The lowest BCUT2D eigenvalue weighted by Crippen LogP contribution is -2.20. The Morgan fingerprint density at radius 1 is 1.19 bits per heavy atom. The van der Waals surface area contributed by atoms with Crippen molar-refractivity contribution < 1.29 is 14.3 Å². The molecule has 0 heterocycles. The molecule has 2 aromatic rings. The molecule has 140 valence electrons.